The van der Waals surface area contributed by atoms with Gasteiger partial charge in [-0.15, -0.1) is 12.4 Å². The number of halogens is 4. The minimum atomic E-state index is -4.38. The molecule has 0 spiro atoms. The number of alkyl halides is 3. The predicted octanol–water partition coefficient (Wildman–Crippen LogP) is 4.48. The highest BCUT2D eigenvalue weighted by Crippen LogP contribution is 2.36. The molecule has 2 atom stereocenters. The Morgan fingerprint density at radius 2 is 2.00 bits per heavy atom. The molecule has 1 aliphatic rings. The number of methoxy groups -OCH3 is 1. The maximum Gasteiger partial charge on any atom is 0.416 e. The van der Waals surface area contributed by atoms with Gasteiger partial charge in [-0.2, -0.15) is 13.2 Å². The fraction of sp³-hybridized carbons (Fsp3) is 0.647. The molecule has 7 heteroatoms. The van der Waals surface area contributed by atoms with Gasteiger partial charge in [-0.1, -0.05) is 19.8 Å². The van der Waals surface area contributed by atoms with E-state index in [1.165, 1.54) is 13.2 Å². The summed E-state index contributed by atoms with van der Waals surface area (Å²) in [6, 6.07) is 4.04. The van der Waals surface area contributed by atoms with Gasteiger partial charge in [0.25, 0.3) is 0 Å². The topological polar surface area (TPSA) is 38.5 Å². The molecule has 1 saturated heterocycles. The first-order valence-electron chi connectivity index (χ1n) is 8.12. The zero-order chi connectivity index (χ0) is 17.0. The Labute approximate surface area is 147 Å². The van der Waals surface area contributed by atoms with Gasteiger partial charge in [-0.3, -0.25) is 0 Å². The predicted molar refractivity (Wildman–Crippen MR) is 93.1 cm³/mol. The van der Waals surface area contributed by atoms with Crippen LogP contribution in [0.2, 0.25) is 0 Å². The molecular formula is C17H26ClF3N2O. The average molecular weight is 367 g/mol. The van der Waals surface area contributed by atoms with Crippen LogP contribution in [-0.4, -0.2) is 26.2 Å². The Morgan fingerprint density at radius 1 is 1.29 bits per heavy atom. The largest absolute Gasteiger partial charge is 0.497 e. The molecule has 3 nitrogen and oxygen atoms in total. The quantitative estimate of drug-likeness (QED) is 0.835. The van der Waals surface area contributed by atoms with E-state index in [-0.39, 0.29) is 24.2 Å². The normalized spacial score (nSPS) is 21.3. The zero-order valence-electron chi connectivity index (χ0n) is 14.1. The fourth-order valence-corrected chi connectivity index (χ4v) is 3.10. The highest BCUT2D eigenvalue weighted by atomic mass is 35.5. The monoisotopic (exact) mass is 366 g/mol. The fourth-order valence-electron chi connectivity index (χ4n) is 3.10. The number of piperidine rings is 1. The van der Waals surface area contributed by atoms with E-state index in [4.69, 9.17) is 10.5 Å². The molecule has 1 heterocycles. The Balaban J connectivity index is 0.00000288. The number of anilines is 1. The molecule has 0 aromatic heterocycles. The van der Waals surface area contributed by atoms with Gasteiger partial charge < -0.3 is 15.4 Å². The number of benzene rings is 1. The van der Waals surface area contributed by atoms with E-state index in [1.54, 1.807) is 6.07 Å². The molecule has 1 aliphatic heterocycles. The lowest BCUT2D eigenvalue weighted by atomic mass is 9.88. The summed E-state index contributed by atoms with van der Waals surface area (Å²) in [6.45, 7) is 3.50. The van der Waals surface area contributed by atoms with Gasteiger partial charge in [0.1, 0.15) is 5.75 Å². The van der Waals surface area contributed by atoms with Gasteiger partial charge in [-0.25, -0.2) is 0 Å². The molecule has 0 amide bonds. The summed E-state index contributed by atoms with van der Waals surface area (Å²) in [5, 5.41) is 0. The van der Waals surface area contributed by atoms with Crippen molar-refractivity contribution in [2.45, 2.75) is 44.8 Å². The highest BCUT2D eigenvalue weighted by molar-refractivity contribution is 5.85. The Bertz CT molecular complexity index is 525. The van der Waals surface area contributed by atoms with Gasteiger partial charge >= 0.3 is 6.18 Å². The first-order chi connectivity index (χ1) is 10.8. The van der Waals surface area contributed by atoms with Crippen molar-refractivity contribution in [2.24, 2.45) is 11.7 Å². The Hall–Kier alpha value is -1.14. The molecule has 24 heavy (non-hydrogen) atoms. The van der Waals surface area contributed by atoms with Crippen molar-refractivity contribution < 1.29 is 17.9 Å². The minimum absolute atomic E-state index is 0. The van der Waals surface area contributed by atoms with Crippen LogP contribution in [0.1, 0.15) is 38.2 Å². The van der Waals surface area contributed by atoms with E-state index in [0.29, 0.717) is 24.7 Å². The van der Waals surface area contributed by atoms with Crippen molar-refractivity contribution in [1.29, 1.82) is 0 Å². The van der Waals surface area contributed by atoms with Crippen molar-refractivity contribution >= 4 is 18.1 Å². The number of hydrogen-bond donors (Lipinski definition) is 1. The summed E-state index contributed by atoms with van der Waals surface area (Å²) in [7, 11) is 1.38. The Morgan fingerprint density at radius 3 is 2.58 bits per heavy atom. The van der Waals surface area contributed by atoms with Gasteiger partial charge in [-0.05, 0) is 30.9 Å². The minimum Gasteiger partial charge on any atom is -0.497 e. The van der Waals surface area contributed by atoms with Gasteiger partial charge in [0, 0.05) is 30.9 Å². The van der Waals surface area contributed by atoms with Gasteiger partial charge in [0.2, 0.25) is 0 Å². The molecule has 0 radical (unpaired) electrons. The van der Waals surface area contributed by atoms with E-state index in [2.05, 4.69) is 6.92 Å². The maximum atomic E-state index is 13.1. The molecule has 1 aromatic rings. The van der Waals surface area contributed by atoms with Crippen LogP contribution in [-0.2, 0) is 6.18 Å². The van der Waals surface area contributed by atoms with E-state index in [1.807, 2.05) is 4.90 Å². The summed E-state index contributed by atoms with van der Waals surface area (Å²) in [5.74, 6) is 0.555. The summed E-state index contributed by atoms with van der Waals surface area (Å²) >= 11 is 0. The highest BCUT2D eigenvalue weighted by Gasteiger charge is 2.33. The van der Waals surface area contributed by atoms with Gasteiger partial charge in [0.15, 0.2) is 0 Å². The first kappa shape index (κ1) is 20.9. The zero-order valence-corrected chi connectivity index (χ0v) is 14.9. The molecule has 1 aromatic carbocycles. The SMILES string of the molecule is CCCC[C@H]1CN(c2cc(OC)cc(C(F)(F)F)c2)CC[C@H]1N.Cl. The van der Waals surface area contributed by atoms with Gasteiger partial charge in [0.05, 0.1) is 12.7 Å². The lowest BCUT2D eigenvalue weighted by molar-refractivity contribution is -0.137. The molecule has 0 saturated carbocycles. The van der Waals surface area contributed by atoms with Crippen LogP contribution in [0.15, 0.2) is 18.2 Å². The second-order valence-electron chi connectivity index (χ2n) is 6.22. The van der Waals surface area contributed by atoms with Crippen molar-refractivity contribution in [1.82, 2.24) is 0 Å². The molecule has 0 aliphatic carbocycles. The van der Waals surface area contributed by atoms with E-state index >= 15 is 0 Å². The second kappa shape index (κ2) is 8.81. The van der Waals surface area contributed by atoms with E-state index < -0.39 is 11.7 Å². The van der Waals surface area contributed by atoms with Crippen LogP contribution < -0.4 is 15.4 Å². The van der Waals surface area contributed by atoms with Crippen molar-refractivity contribution in [3.05, 3.63) is 23.8 Å². The second-order valence-corrected chi connectivity index (χ2v) is 6.22. The van der Waals surface area contributed by atoms with Crippen LogP contribution in [0.3, 0.4) is 0 Å². The standard InChI is InChI=1S/C17H25F3N2O.ClH/c1-3-4-5-12-11-22(7-6-16(12)21)14-8-13(17(18,19)20)9-15(10-14)23-2;/h8-10,12,16H,3-7,11,21H2,1-2H3;1H/t12-,16+;/m0./s1. The summed E-state index contributed by atoms with van der Waals surface area (Å²) in [6.07, 6.45) is -0.368. The Kier molecular flexibility index (Phi) is 7.67. The molecule has 0 unspecified atom stereocenters. The smallest absolute Gasteiger partial charge is 0.416 e. The lowest BCUT2D eigenvalue weighted by Gasteiger charge is -2.38. The number of ether oxygens (including phenoxy) is 1. The number of rotatable bonds is 5. The molecule has 138 valence electrons. The number of hydrogen-bond acceptors (Lipinski definition) is 3. The third kappa shape index (κ3) is 5.18. The van der Waals surface area contributed by atoms with Crippen LogP contribution in [0, 0.1) is 5.92 Å². The third-order valence-electron chi connectivity index (χ3n) is 4.54. The van der Waals surface area contributed by atoms with Crippen LogP contribution >= 0.6 is 12.4 Å². The summed E-state index contributed by atoms with van der Waals surface area (Å²) < 4.78 is 44.2. The molecule has 0 bridgehead atoms. The van der Waals surface area contributed by atoms with Crippen molar-refractivity contribution in [2.75, 3.05) is 25.1 Å². The van der Waals surface area contributed by atoms with Crippen LogP contribution in [0.4, 0.5) is 18.9 Å². The van der Waals surface area contributed by atoms with Crippen molar-refractivity contribution in [3.8, 4) is 5.75 Å². The summed E-state index contributed by atoms with van der Waals surface area (Å²) in [5.41, 5.74) is 6.07. The summed E-state index contributed by atoms with van der Waals surface area (Å²) in [4.78, 5) is 2.00. The maximum absolute atomic E-state index is 13.1. The number of nitrogens with two attached hydrogens (primary N) is 1. The average Bonchev–Trinajstić information content (AvgIpc) is 2.52. The van der Waals surface area contributed by atoms with Crippen molar-refractivity contribution in [3.63, 3.8) is 0 Å². The van der Waals surface area contributed by atoms with E-state index in [9.17, 15) is 13.2 Å². The first-order valence-corrected chi connectivity index (χ1v) is 8.12. The number of nitrogens with zero attached hydrogens (tertiary/aromatic N) is 1. The van der Waals surface area contributed by atoms with E-state index in [0.717, 1.165) is 31.7 Å². The molecule has 2 N–H and O–H groups in total. The van der Waals surface area contributed by atoms with Crippen LogP contribution in [0.5, 0.6) is 5.75 Å². The third-order valence-corrected chi connectivity index (χ3v) is 4.54. The molecular weight excluding hydrogens is 341 g/mol. The molecule has 2 rings (SSSR count). The lowest BCUT2D eigenvalue weighted by Crippen LogP contribution is -2.47. The van der Waals surface area contributed by atoms with Crippen LogP contribution in [0.25, 0.3) is 0 Å². The molecule has 1 fully saturated rings. The number of unbranched alkanes of at least 4 members (excludes halogenated alkanes) is 1.